The monoisotopic (exact) mass is 261 g/mol. The number of nitrogen functional groups attached to an aromatic ring is 1. The van der Waals surface area contributed by atoms with Crippen LogP contribution in [0.5, 0.6) is 0 Å². The van der Waals surface area contributed by atoms with Gasteiger partial charge in [0.05, 0.1) is 0 Å². The van der Waals surface area contributed by atoms with E-state index in [-0.39, 0.29) is 5.91 Å². The zero-order chi connectivity index (χ0) is 13.8. The van der Waals surface area contributed by atoms with Crippen LogP contribution in [0.2, 0.25) is 0 Å². The first-order valence-electron chi connectivity index (χ1n) is 6.89. The minimum atomic E-state index is 0.0106. The van der Waals surface area contributed by atoms with Gasteiger partial charge in [-0.1, -0.05) is 0 Å². The maximum absolute atomic E-state index is 12.1. The van der Waals surface area contributed by atoms with Gasteiger partial charge in [0.2, 0.25) is 0 Å². The molecule has 0 radical (unpaired) electrons. The van der Waals surface area contributed by atoms with Gasteiger partial charge < -0.3 is 16.0 Å². The minimum absolute atomic E-state index is 0.0106. The number of benzene rings is 1. The van der Waals surface area contributed by atoms with Crippen molar-refractivity contribution in [3.05, 3.63) is 29.3 Å². The van der Waals surface area contributed by atoms with Gasteiger partial charge >= 0.3 is 0 Å². The molecule has 0 atom stereocenters. The Morgan fingerprint density at radius 1 is 1.42 bits per heavy atom. The zero-order valence-corrected chi connectivity index (χ0v) is 11.8. The Hall–Kier alpha value is -1.55. The van der Waals surface area contributed by atoms with Crippen LogP contribution in [0.25, 0.3) is 0 Å². The fourth-order valence-electron chi connectivity index (χ4n) is 2.54. The Kier molecular flexibility index (Phi) is 4.43. The van der Waals surface area contributed by atoms with Crippen LogP contribution < -0.4 is 11.1 Å². The van der Waals surface area contributed by atoms with Crippen molar-refractivity contribution in [2.75, 3.05) is 32.4 Å². The number of likely N-dealkylation sites (tertiary alicyclic amines) is 1. The quantitative estimate of drug-likeness (QED) is 0.813. The van der Waals surface area contributed by atoms with Crippen molar-refractivity contribution >= 4 is 11.6 Å². The second kappa shape index (κ2) is 6.06. The second-order valence-electron chi connectivity index (χ2n) is 5.53. The molecular weight excluding hydrogens is 238 g/mol. The van der Waals surface area contributed by atoms with Crippen molar-refractivity contribution in [1.82, 2.24) is 10.2 Å². The predicted octanol–water partition coefficient (Wildman–Crippen LogP) is 1.65. The molecule has 1 saturated heterocycles. The molecule has 1 heterocycles. The summed E-state index contributed by atoms with van der Waals surface area (Å²) in [5.74, 6) is 0.616. The molecule has 0 bridgehead atoms. The van der Waals surface area contributed by atoms with Gasteiger partial charge in [-0.15, -0.1) is 0 Å². The lowest BCUT2D eigenvalue weighted by Gasteiger charge is -2.29. The van der Waals surface area contributed by atoms with E-state index < -0.39 is 0 Å². The molecule has 1 fully saturated rings. The number of amides is 1. The van der Waals surface area contributed by atoms with Crippen LogP contribution in [0.3, 0.4) is 0 Å². The minimum Gasteiger partial charge on any atom is -0.399 e. The van der Waals surface area contributed by atoms with Crippen LogP contribution >= 0.6 is 0 Å². The number of nitrogens with two attached hydrogens (primary N) is 1. The number of piperidine rings is 1. The Morgan fingerprint density at radius 3 is 2.74 bits per heavy atom. The fraction of sp³-hybridized carbons (Fsp3) is 0.533. The number of rotatable bonds is 3. The van der Waals surface area contributed by atoms with Gasteiger partial charge in [-0.2, -0.15) is 0 Å². The lowest BCUT2D eigenvalue weighted by atomic mass is 9.97. The molecule has 0 unspecified atom stereocenters. The summed E-state index contributed by atoms with van der Waals surface area (Å²) in [6.45, 7) is 4.94. The van der Waals surface area contributed by atoms with E-state index in [2.05, 4.69) is 17.3 Å². The molecule has 0 aromatic heterocycles. The number of carbonyl (C=O) groups is 1. The third kappa shape index (κ3) is 3.70. The summed E-state index contributed by atoms with van der Waals surface area (Å²) in [5.41, 5.74) is 8.05. The maximum atomic E-state index is 12.1. The van der Waals surface area contributed by atoms with E-state index in [0.717, 1.165) is 43.6 Å². The number of aryl methyl sites for hydroxylation is 1. The number of nitrogens with one attached hydrogen (secondary N) is 1. The van der Waals surface area contributed by atoms with Crippen LogP contribution in [-0.2, 0) is 0 Å². The van der Waals surface area contributed by atoms with Crippen molar-refractivity contribution in [3.8, 4) is 0 Å². The molecule has 0 spiro atoms. The van der Waals surface area contributed by atoms with Crippen molar-refractivity contribution in [2.24, 2.45) is 5.92 Å². The largest absolute Gasteiger partial charge is 0.399 e. The van der Waals surface area contributed by atoms with E-state index in [1.165, 1.54) is 0 Å². The summed E-state index contributed by atoms with van der Waals surface area (Å²) in [6.07, 6.45) is 2.33. The molecule has 19 heavy (non-hydrogen) atoms. The number of hydrogen-bond acceptors (Lipinski definition) is 3. The lowest BCUT2D eigenvalue weighted by Crippen LogP contribution is -2.37. The summed E-state index contributed by atoms with van der Waals surface area (Å²) in [6, 6.07) is 5.41. The Morgan fingerprint density at radius 2 is 2.11 bits per heavy atom. The van der Waals surface area contributed by atoms with Gasteiger partial charge in [-0.3, -0.25) is 4.79 Å². The number of hydrogen-bond donors (Lipinski definition) is 2. The third-order valence-corrected chi connectivity index (χ3v) is 3.88. The molecule has 0 aliphatic carbocycles. The van der Waals surface area contributed by atoms with Crippen molar-refractivity contribution in [2.45, 2.75) is 19.8 Å². The summed E-state index contributed by atoms with van der Waals surface area (Å²) >= 11 is 0. The molecule has 1 aliphatic heterocycles. The van der Waals surface area contributed by atoms with Crippen LogP contribution in [0, 0.1) is 12.8 Å². The highest BCUT2D eigenvalue weighted by Gasteiger charge is 2.18. The highest BCUT2D eigenvalue weighted by Crippen LogP contribution is 2.16. The van der Waals surface area contributed by atoms with Crippen LogP contribution in [0.1, 0.15) is 28.8 Å². The fourth-order valence-corrected chi connectivity index (χ4v) is 2.54. The SMILES string of the molecule is Cc1cc(N)ccc1C(=O)NCC1CCN(C)CC1. The Bertz CT molecular complexity index is 451. The molecule has 0 saturated carbocycles. The highest BCUT2D eigenvalue weighted by atomic mass is 16.1. The molecule has 3 N–H and O–H groups in total. The zero-order valence-electron chi connectivity index (χ0n) is 11.8. The summed E-state index contributed by atoms with van der Waals surface area (Å²) in [7, 11) is 2.15. The average molecular weight is 261 g/mol. The van der Waals surface area contributed by atoms with Crippen molar-refractivity contribution < 1.29 is 4.79 Å². The molecule has 1 aliphatic rings. The molecule has 1 amide bonds. The Labute approximate surface area is 115 Å². The Balaban J connectivity index is 1.87. The summed E-state index contributed by atoms with van der Waals surface area (Å²) < 4.78 is 0. The molecular formula is C15H23N3O. The van der Waals surface area contributed by atoms with E-state index in [1.54, 1.807) is 12.1 Å². The summed E-state index contributed by atoms with van der Waals surface area (Å²) in [4.78, 5) is 14.5. The van der Waals surface area contributed by atoms with Crippen molar-refractivity contribution in [3.63, 3.8) is 0 Å². The van der Waals surface area contributed by atoms with Gasteiger partial charge in [0, 0.05) is 17.8 Å². The molecule has 1 aromatic rings. The smallest absolute Gasteiger partial charge is 0.251 e. The van der Waals surface area contributed by atoms with Crippen molar-refractivity contribution in [1.29, 1.82) is 0 Å². The molecule has 4 nitrogen and oxygen atoms in total. The van der Waals surface area contributed by atoms with E-state index in [0.29, 0.717) is 11.6 Å². The van der Waals surface area contributed by atoms with Crippen LogP contribution in [0.15, 0.2) is 18.2 Å². The summed E-state index contributed by atoms with van der Waals surface area (Å²) in [5, 5.41) is 3.05. The van der Waals surface area contributed by atoms with Gasteiger partial charge in [-0.25, -0.2) is 0 Å². The number of carbonyl (C=O) groups excluding carboxylic acids is 1. The highest BCUT2D eigenvalue weighted by molar-refractivity contribution is 5.96. The van der Waals surface area contributed by atoms with Gasteiger partial charge in [-0.05, 0) is 69.6 Å². The van der Waals surface area contributed by atoms with E-state index >= 15 is 0 Å². The predicted molar refractivity (Wildman–Crippen MR) is 78.1 cm³/mol. The first-order valence-corrected chi connectivity index (χ1v) is 6.89. The van der Waals surface area contributed by atoms with E-state index in [9.17, 15) is 4.79 Å². The third-order valence-electron chi connectivity index (χ3n) is 3.88. The average Bonchev–Trinajstić information content (AvgIpc) is 2.37. The molecule has 104 valence electrons. The molecule has 4 heteroatoms. The first-order chi connectivity index (χ1) is 9.06. The maximum Gasteiger partial charge on any atom is 0.251 e. The van der Waals surface area contributed by atoms with Gasteiger partial charge in [0.25, 0.3) is 5.91 Å². The van der Waals surface area contributed by atoms with Crippen LogP contribution in [0.4, 0.5) is 5.69 Å². The normalized spacial score (nSPS) is 17.4. The molecule has 1 aromatic carbocycles. The van der Waals surface area contributed by atoms with Gasteiger partial charge in [0.15, 0.2) is 0 Å². The van der Waals surface area contributed by atoms with E-state index in [4.69, 9.17) is 5.73 Å². The number of anilines is 1. The van der Waals surface area contributed by atoms with Gasteiger partial charge in [0.1, 0.15) is 0 Å². The topological polar surface area (TPSA) is 58.4 Å². The lowest BCUT2D eigenvalue weighted by molar-refractivity contribution is 0.0938. The second-order valence-corrected chi connectivity index (χ2v) is 5.53. The standard InChI is InChI=1S/C15H23N3O/c1-11-9-13(16)3-4-14(11)15(19)17-10-12-5-7-18(2)8-6-12/h3-4,9,12H,5-8,10,16H2,1-2H3,(H,17,19). The first kappa shape index (κ1) is 13.9. The van der Waals surface area contributed by atoms with Crippen LogP contribution in [-0.4, -0.2) is 37.5 Å². The number of nitrogens with zero attached hydrogens (tertiary/aromatic N) is 1. The van der Waals surface area contributed by atoms with E-state index in [1.807, 2.05) is 13.0 Å². The molecule has 2 rings (SSSR count).